The van der Waals surface area contributed by atoms with E-state index in [0.717, 1.165) is 23.2 Å². The molecule has 6 heteroatoms. The second-order valence-electron chi connectivity index (χ2n) is 5.82. The third-order valence-electron chi connectivity index (χ3n) is 4.04. The number of carbonyl (C=O) groups is 2. The van der Waals surface area contributed by atoms with Crippen LogP contribution in [0.25, 0.3) is 0 Å². The Morgan fingerprint density at radius 1 is 1.25 bits per heavy atom. The largest absolute Gasteiger partial charge is 0.334 e. The van der Waals surface area contributed by atoms with Crippen molar-refractivity contribution in [2.24, 2.45) is 0 Å². The van der Waals surface area contributed by atoms with E-state index in [2.05, 4.69) is 15.6 Å². The summed E-state index contributed by atoms with van der Waals surface area (Å²) < 4.78 is 0. The zero-order valence-corrected chi connectivity index (χ0v) is 13.6. The molecule has 2 heterocycles. The summed E-state index contributed by atoms with van der Waals surface area (Å²) in [4.78, 5) is 29.6. The van der Waals surface area contributed by atoms with Crippen molar-refractivity contribution in [3.63, 3.8) is 0 Å². The van der Waals surface area contributed by atoms with Crippen molar-refractivity contribution < 1.29 is 9.59 Å². The number of fused-ring (bicyclic) bond motifs is 1. The quantitative estimate of drug-likeness (QED) is 0.910. The van der Waals surface area contributed by atoms with Gasteiger partial charge < -0.3 is 15.5 Å². The number of amides is 3. The molecule has 0 radical (unpaired) electrons. The van der Waals surface area contributed by atoms with Gasteiger partial charge in [0.05, 0.1) is 0 Å². The van der Waals surface area contributed by atoms with E-state index in [0.29, 0.717) is 19.6 Å². The number of rotatable bonds is 3. The number of urea groups is 1. The van der Waals surface area contributed by atoms with Gasteiger partial charge in [-0.25, -0.2) is 4.79 Å². The van der Waals surface area contributed by atoms with Crippen molar-refractivity contribution in [2.45, 2.75) is 26.4 Å². The molecule has 3 amide bonds. The summed E-state index contributed by atoms with van der Waals surface area (Å²) >= 11 is 0. The van der Waals surface area contributed by atoms with E-state index in [4.69, 9.17) is 0 Å². The highest BCUT2D eigenvalue weighted by Crippen LogP contribution is 2.26. The summed E-state index contributed by atoms with van der Waals surface area (Å²) in [6, 6.07) is 9.51. The fraction of sp³-hybridized carbons (Fsp3) is 0.278. The average Bonchev–Trinajstić information content (AvgIpc) is 2.60. The van der Waals surface area contributed by atoms with Gasteiger partial charge in [0, 0.05) is 44.6 Å². The molecule has 0 fully saturated rings. The Bertz CT molecular complexity index is 746. The summed E-state index contributed by atoms with van der Waals surface area (Å²) in [5.74, 6) is -0.110. The van der Waals surface area contributed by atoms with Crippen molar-refractivity contribution in [3.05, 3.63) is 59.4 Å². The molecule has 0 bridgehead atoms. The first-order chi connectivity index (χ1) is 11.6. The van der Waals surface area contributed by atoms with Crippen LogP contribution >= 0.6 is 0 Å². The normalized spacial score (nSPS) is 13.1. The van der Waals surface area contributed by atoms with E-state index in [1.807, 2.05) is 30.3 Å². The van der Waals surface area contributed by atoms with Gasteiger partial charge in [0.1, 0.15) is 0 Å². The van der Waals surface area contributed by atoms with E-state index in [1.165, 1.54) is 12.5 Å². The number of aromatic nitrogens is 1. The Labute approximate surface area is 140 Å². The minimum atomic E-state index is -0.110. The highest BCUT2D eigenvalue weighted by molar-refractivity contribution is 5.90. The number of hydrogen-bond acceptors (Lipinski definition) is 3. The maximum Gasteiger partial charge on any atom is 0.317 e. The molecule has 2 aromatic rings. The predicted molar refractivity (Wildman–Crippen MR) is 91.3 cm³/mol. The summed E-state index contributed by atoms with van der Waals surface area (Å²) in [6.45, 7) is 3.09. The molecule has 0 atom stereocenters. The molecule has 24 heavy (non-hydrogen) atoms. The van der Waals surface area contributed by atoms with Gasteiger partial charge in [-0.3, -0.25) is 9.78 Å². The first-order valence-corrected chi connectivity index (χ1v) is 7.93. The Morgan fingerprint density at radius 2 is 2.12 bits per heavy atom. The first kappa shape index (κ1) is 16.0. The van der Waals surface area contributed by atoms with Gasteiger partial charge in [0.15, 0.2) is 0 Å². The molecule has 2 N–H and O–H groups in total. The van der Waals surface area contributed by atoms with Crippen LogP contribution in [-0.2, 0) is 24.3 Å². The topological polar surface area (TPSA) is 74.3 Å². The molecule has 1 aromatic carbocycles. The van der Waals surface area contributed by atoms with Gasteiger partial charge in [-0.2, -0.15) is 0 Å². The lowest BCUT2D eigenvalue weighted by Gasteiger charge is -2.30. The average molecular weight is 324 g/mol. The lowest BCUT2D eigenvalue weighted by atomic mass is 9.98. The van der Waals surface area contributed by atoms with Crippen molar-refractivity contribution in [1.29, 1.82) is 0 Å². The standard InChI is InChI=1S/C18H20N4O2/c1-13(23)21-17-6-2-5-15-7-9-22(12-16(15)17)18(24)20-11-14-4-3-8-19-10-14/h2-6,8,10H,7,9,11-12H2,1H3,(H,20,24)(H,21,23). The summed E-state index contributed by atoms with van der Waals surface area (Å²) in [5.41, 5.74) is 3.93. The maximum atomic E-state index is 12.4. The second-order valence-corrected chi connectivity index (χ2v) is 5.82. The van der Waals surface area contributed by atoms with Gasteiger partial charge in [0.25, 0.3) is 0 Å². The van der Waals surface area contributed by atoms with Crippen LogP contribution in [0.1, 0.15) is 23.6 Å². The SMILES string of the molecule is CC(=O)Nc1cccc2c1CN(C(=O)NCc1cccnc1)CC2. The van der Waals surface area contributed by atoms with Crippen LogP contribution in [0, 0.1) is 0 Å². The van der Waals surface area contributed by atoms with Gasteiger partial charge >= 0.3 is 6.03 Å². The summed E-state index contributed by atoms with van der Waals surface area (Å²) in [6.07, 6.45) is 4.22. The molecule has 0 unspecified atom stereocenters. The lowest BCUT2D eigenvalue weighted by molar-refractivity contribution is -0.114. The minimum absolute atomic E-state index is 0.109. The van der Waals surface area contributed by atoms with E-state index < -0.39 is 0 Å². The highest BCUT2D eigenvalue weighted by atomic mass is 16.2. The van der Waals surface area contributed by atoms with Gasteiger partial charge in [0.2, 0.25) is 5.91 Å². The van der Waals surface area contributed by atoms with Crippen LogP contribution in [0.15, 0.2) is 42.7 Å². The predicted octanol–water partition coefficient (Wildman–Crippen LogP) is 2.31. The third kappa shape index (κ3) is 3.71. The zero-order valence-electron chi connectivity index (χ0n) is 13.6. The van der Waals surface area contributed by atoms with Crippen LogP contribution in [0.3, 0.4) is 0 Å². The molecule has 0 spiro atoms. The molecule has 3 rings (SSSR count). The van der Waals surface area contributed by atoms with Gasteiger partial charge in [-0.05, 0) is 35.2 Å². The van der Waals surface area contributed by atoms with Gasteiger partial charge in [-0.1, -0.05) is 18.2 Å². The Morgan fingerprint density at radius 3 is 2.88 bits per heavy atom. The van der Waals surface area contributed by atoms with Crippen molar-refractivity contribution in [3.8, 4) is 0 Å². The van der Waals surface area contributed by atoms with Gasteiger partial charge in [-0.15, -0.1) is 0 Å². The summed E-state index contributed by atoms with van der Waals surface area (Å²) in [5, 5.41) is 5.76. The Balaban J connectivity index is 1.67. The van der Waals surface area contributed by atoms with Crippen molar-refractivity contribution in [2.75, 3.05) is 11.9 Å². The number of nitrogens with zero attached hydrogens (tertiary/aromatic N) is 2. The number of anilines is 1. The number of hydrogen-bond donors (Lipinski definition) is 2. The number of benzene rings is 1. The monoisotopic (exact) mass is 324 g/mol. The van der Waals surface area contributed by atoms with Crippen LogP contribution < -0.4 is 10.6 Å². The molecule has 6 nitrogen and oxygen atoms in total. The first-order valence-electron chi connectivity index (χ1n) is 7.93. The minimum Gasteiger partial charge on any atom is -0.334 e. The van der Waals surface area contributed by atoms with Crippen molar-refractivity contribution in [1.82, 2.24) is 15.2 Å². The number of nitrogens with one attached hydrogen (secondary N) is 2. The number of pyridine rings is 1. The Hall–Kier alpha value is -2.89. The molecular weight excluding hydrogens is 304 g/mol. The van der Waals surface area contributed by atoms with E-state index in [-0.39, 0.29) is 11.9 Å². The van der Waals surface area contributed by atoms with E-state index >= 15 is 0 Å². The molecule has 0 saturated carbocycles. The van der Waals surface area contributed by atoms with Crippen LogP contribution in [-0.4, -0.2) is 28.4 Å². The molecular formula is C18H20N4O2. The molecule has 1 aromatic heterocycles. The van der Waals surface area contributed by atoms with Crippen LogP contribution in [0.5, 0.6) is 0 Å². The molecule has 1 aliphatic heterocycles. The van der Waals surface area contributed by atoms with E-state index in [9.17, 15) is 9.59 Å². The third-order valence-corrected chi connectivity index (χ3v) is 4.04. The fourth-order valence-corrected chi connectivity index (χ4v) is 2.85. The highest BCUT2D eigenvalue weighted by Gasteiger charge is 2.22. The second kappa shape index (κ2) is 7.12. The maximum absolute atomic E-state index is 12.4. The lowest BCUT2D eigenvalue weighted by Crippen LogP contribution is -2.42. The molecule has 1 aliphatic rings. The zero-order chi connectivity index (χ0) is 16.9. The van der Waals surface area contributed by atoms with Crippen LogP contribution in [0.2, 0.25) is 0 Å². The molecule has 124 valence electrons. The Kier molecular flexibility index (Phi) is 4.74. The number of carbonyl (C=O) groups excluding carboxylic acids is 2. The fourth-order valence-electron chi connectivity index (χ4n) is 2.85. The smallest absolute Gasteiger partial charge is 0.317 e. The summed E-state index contributed by atoms with van der Waals surface area (Å²) in [7, 11) is 0. The van der Waals surface area contributed by atoms with Crippen LogP contribution in [0.4, 0.5) is 10.5 Å². The van der Waals surface area contributed by atoms with E-state index in [1.54, 1.807) is 17.3 Å². The molecule has 0 aliphatic carbocycles. The molecule has 0 saturated heterocycles. The van der Waals surface area contributed by atoms with Crippen molar-refractivity contribution >= 4 is 17.6 Å².